The lowest BCUT2D eigenvalue weighted by Gasteiger charge is -2.08. The van der Waals surface area contributed by atoms with E-state index in [1.165, 1.54) is 4.68 Å². The van der Waals surface area contributed by atoms with Crippen LogP contribution in [0.3, 0.4) is 0 Å². The van der Waals surface area contributed by atoms with E-state index in [1.54, 1.807) is 30.8 Å². The summed E-state index contributed by atoms with van der Waals surface area (Å²) in [5.41, 5.74) is 2.52. The number of aryl methyl sites for hydroxylation is 1. The summed E-state index contributed by atoms with van der Waals surface area (Å²) in [5.74, 6) is -0.798. The Morgan fingerprint density at radius 3 is 2.29 bits per heavy atom. The smallest absolute Gasteiger partial charge is 0.295 e. The lowest BCUT2D eigenvalue weighted by atomic mass is 10.1. The second-order valence-electron chi connectivity index (χ2n) is 6.48. The predicted molar refractivity (Wildman–Crippen MR) is 108 cm³/mol. The molecule has 28 heavy (non-hydrogen) atoms. The van der Waals surface area contributed by atoms with Crippen molar-refractivity contribution < 1.29 is 9.59 Å². The molecule has 0 aliphatic heterocycles. The Bertz CT molecular complexity index is 1080. The number of hydrogen-bond donors (Lipinski definition) is 2. The van der Waals surface area contributed by atoms with E-state index in [-0.39, 0.29) is 23.7 Å². The van der Waals surface area contributed by atoms with Crippen LogP contribution in [0.15, 0.2) is 59.4 Å². The van der Waals surface area contributed by atoms with Crippen LogP contribution in [-0.4, -0.2) is 27.7 Å². The molecule has 0 unspecified atom stereocenters. The van der Waals surface area contributed by atoms with Gasteiger partial charge in [-0.05, 0) is 37.6 Å². The lowest BCUT2D eigenvalue weighted by Crippen LogP contribution is -2.34. The van der Waals surface area contributed by atoms with Crippen molar-refractivity contribution in [2.75, 3.05) is 11.9 Å². The van der Waals surface area contributed by atoms with Crippen molar-refractivity contribution in [1.82, 2.24) is 14.7 Å². The van der Waals surface area contributed by atoms with Crippen LogP contribution in [0, 0.1) is 13.8 Å². The Balaban J connectivity index is 1.74. The third-order valence-electron chi connectivity index (χ3n) is 4.62. The zero-order valence-electron chi connectivity index (χ0n) is 16.0. The van der Waals surface area contributed by atoms with Crippen molar-refractivity contribution in [3.8, 4) is 5.69 Å². The van der Waals surface area contributed by atoms with Crippen molar-refractivity contribution >= 4 is 17.5 Å². The van der Waals surface area contributed by atoms with E-state index in [9.17, 15) is 14.4 Å². The minimum atomic E-state index is -0.465. The molecule has 3 aromatic rings. The van der Waals surface area contributed by atoms with Gasteiger partial charge in [0.25, 0.3) is 11.5 Å². The first kappa shape index (κ1) is 19.2. The Morgan fingerprint density at radius 2 is 1.61 bits per heavy atom. The first-order valence-corrected chi connectivity index (χ1v) is 8.88. The summed E-state index contributed by atoms with van der Waals surface area (Å²) in [7, 11) is 1.75. The van der Waals surface area contributed by atoms with Crippen LogP contribution in [0.4, 0.5) is 5.69 Å². The fourth-order valence-corrected chi connectivity index (χ4v) is 2.98. The minimum absolute atomic E-state index is 0.196. The highest BCUT2D eigenvalue weighted by atomic mass is 16.2. The molecule has 2 N–H and O–H groups in total. The maximum atomic E-state index is 12.8. The number of benzene rings is 2. The monoisotopic (exact) mass is 378 g/mol. The van der Waals surface area contributed by atoms with Gasteiger partial charge >= 0.3 is 0 Å². The molecule has 0 aliphatic carbocycles. The summed E-state index contributed by atoms with van der Waals surface area (Å²) in [5, 5.41) is 5.21. The van der Waals surface area contributed by atoms with Crippen molar-refractivity contribution in [3.05, 3.63) is 81.8 Å². The molecular weight excluding hydrogens is 356 g/mol. The van der Waals surface area contributed by atoms with Crippen molar-refractivity contribution in [3.63, 3.8) is 0 Å². The van der Waals surface area contributed by atoms with Crippen LogP contribution in [-0.2, 0) is 11.8 Å². The van der Waals surface area contributed by atoms with Gasteiger partial charge in [-0.3, -0.25) is 19.1 Å². The van der Waals surface area contributed by atoms with E-state index in [4.69, 9.17) is 0 Å². The lowest BCUT2D eigenvalue weighted by molar-refractivity contribution is -0.115. The molecule has 0 aliphatic rings. The summed E-state index contributed by atoms with van der Waals surface area (Å²) in [6, 6.07) is 16.3. The standard InChI is InChI=1S/C21H22N4O3/c1-14-9-7-8-12-17(14)20(27)22-13-18(26)23-19-15(2)24(3)25(21(19)28)16-10-5-4-6-11-16/h4-12H,13H2,1-3H3,(H,22,27)(H,23,26). The number of aromatic nitrogens is 2. The van der Waals surface area contributed by atoms with Crippen molar-refractivity contribution in [1.29, 1.82) is 0 Å². The van der Waals surface area contributed by atoms with E-state index in [2.05, 4.69) is 10.6 Å². The Morgan fingerprint density at radius 1 is 0.964 bits per heavy atom. The molecule has 1 heterocycles. The molecule has 0 bridgehead atoms. The van der Waals surface area contributed by atoms with Gasteiger partial charge in [-0.15, -0.1) is 0 Å². The molecule has 0 saturated carbocycles. The van der Waals surface area contributed by atoms with E-state index >= 15 is 0 Å². The molecule has 3 rings (SSSR count). The maximum Gasteiger partial charge on any atom is 0.295 e. The number of nitrogens with one attached hydrogen (secondary N) is 2. The first-order valence-electron chi connectivity index (χ1n) is 8.88. The molecular formula is C21H22N4O3. The summed E-state index contributed by atoms with van der Waals surface area (Å²) < 4.78 is 3.16. The number of carbonyl (C=O) groups is 2. The Kier molecular flexibility index (Phi) is 5.44. The molecule has 0 atom stereocenters. The van der Waals surface area contributed by atoms with Crippen LogP contribution >= 0.6 is 0 Å². The van der Waals surface area contributed by atoms with Gasteiger partial charge in [0, 0.05) is 12.6 Å². The average Bonchev–Trinajstić information content (AvgIpc) is 2.90. The molecule has 0 saturated heterocycles. The normalized spacial score (nSPS) is 10.5. The zero-order chi connectivity index (χ0) is 20.3. The molecule has 2 aromatic carbocycles. The number of rotatable bonds is 5. The topological polar surface area (TPSA) is 85.1 Å². The fourth-order valence-electron chi connectivity index (χ4n) is 2.98. The number of nitrogens with zero attached hydrogens (tertiary/aromatic N) is 2. The summed E-state index contributed by atoms with van der Waals surface area (Å²) in [6.07, 6.45) is 0. The molecule has 2 amide bonds. The highest BCUT2D eigenvalue weighted by Crippen LogP contribution is 2.13. The van der Waals surface area contributed by atoms with Gasteiger partial charge in [0.2, 0.25) is 5.91 Å². The van der Waals surface area contributed by atoms with Gasteiger partial charge in [0.1, 0.15) is 5.69 Å². The molecule has 0 radical (unpaired) electrons. The number of para-hydroxylation sites is 1. The number of hydrogen-bond acceptors (Lipinski definition) is 3. The number of amides is 2. The van der Waals surface area contributed by atoms with Crippen LogP contribution in [0.5, 0.6) is 0 Å². The SMILES string of the molecule is Cc1ccccc1C(=O)NCC(=O)Nc1c(C)n(C)n(-c2ccccc2)c1=O. The molecule has 0 fully saturated rings. The molecule has 0 spiro atoms. The predicted octanol–water partition coefficient (Wildman–Crippen LogP) is 2.16. The highest BCUT2D eigenvalue weighted by Gasteiger charge is 2.18. The molecule has 7 heteroatoms. The van der Waals surface area contributed by atoms with E-state index < -0.39 is 5.91 Å². The van der Waals surface area contributed by atoms with Crippen LogP contribution in [0.2, 0.25) is 0 Å². The summed E-state index contributed by atoms with van der Waals surface area (Å²) >= 11 is 0. The third-order valence-corrected chi connectivity index (χ3v) is 4.62. The van der Waals surface area contributed by atoms with Gasteiger partial charge in [-0.1, -0.05) is 36.4 Å². The summed E-state index contributed by atoms with van der Waals surface area (Å²) in [4.78, 5) is 37.3. The van der Waals surface area contributed by atoms with Gasteiger partial charge in [-0.2, -0.15) is 0 Å². The number of carbonyl (C=O) groups excluding carboxylic acids is 2. The van der Waals surface area contributed by atoms with Gasteiger partial charge in [-0.25, -0.2) is 4.68 Å². The second-order valence-corrected chi connectivity index (χ2v) is 6.48. The van der Waals surface area contributed by atoms with Gasteiger partial charge in [0.15, 0.2) is 0 Å². The summed E-state index contributed by atoms with van der Waals surface area (Å²) in [6.45, 7) is 3.35. The van der Waals surface area contributed by atoms with E-state index in [1.807, 2.05) is 49.4 Å². The Hall–Kier alpha value is -3.61. The quantitative estimate of drug-likeness (QED) is 0.713. The first-order chi connectivity index (χ1) is 13.4. The van der Waals surface area contributed by atoms with Crippen LogP contribution in [0.25, 0.3) is 5.69 Å². The van der Waals surface area contributed by atoms with E-state index in [0.29, 0.717) is 16.9 Å². The van der Waals surface area contributed by atoms with Gasteiger partial charge < -0.3 is 10.6 Å². The van der Waals surface area contributed by atoms with Crippen LogP contribution in [0.1, 0.15) is 21.6 Å². The van der Waals surface area contributed by atoms with Crippen molar-refractivity contribution in [2.24, 2.45) is 7.05 Å². The fraction of sp³-hybridized carbons (Fsp3) is 0.190. The van der Waals surface area contributed by atoms with Gasteiger partial charge in [0.05, 0.1) is 17.9 Å². The zero-order valence-corrected chi connectivity index (χ0v) is 16.0. The average molecular weight is 378 g/mol. The largest absolute Gasteiger partial charge is 0.343 e. The van der Waals surface area contributed by atoms with E-state index in [0.717, 1.165) is 5.56 Å². The highest BCUT2D eigenvalue weighted by molar-refractivity contribution is 6.00. The minimum Gasteiger partial charge on any atom is -0.343 e. The maximum absolute atomic E-state index is 12.8. The third kappa shape index (κ3) is 3.73. The number of anilines is 1. The Labute approximate surface area is 162 Å². The van der Waals surface area contributed by atoms with Crippen molar-refractivity contribution in [2.45, 2.75) is 13.8 Å². The van der Waals surface area contributed by atoms with Crippen LogP contribution < -0.4 is 16.2 Å². The molecule has 1 aromatic heterocycles. The second kappa shape index (κ2) is 7.96. The molecule has 7 nitrogen and oxygen atoms in total. The molecule has 144 valence electrons.